The maximum Gasteiger partial charge on any atom is 0.261 e. The average Bonchev–Trinajstić information content (AvgIpc) is 3.01. The Labute approximate surface area is 152 Å². The highest BCUT2D eigenvalue weighted by Crippen LogP contribution is 2.32. The van der Waals surface area contributed by atoms with Crippen molar-refractivity contribution < 1.29 is 4.79 Å². The fraction of sp³-hybridized carbons (Fsp3) is 0.0500. The van der Waals surface area contributed by atoms with Crippen molar-refractivity contribution in [2.24, 2.45) is 5.10 Å². The molecular formula is C20H16ClN3O. The number of nitrogens with zero attached hydrogens (tertiary/aromatic N) is 3. The van der Waals surface area contributed by atoms with Gasteiger partial charge in [0.2, 0.25) is 0 Å². The lowest BCUT2D eigenvalue weighted by Crippen LogP contribution is -2.26. The zero-order valence-corrected chi connectivity index (χ0v) is 14.1. The molecule has 4 nitrogen and oxygen atoms in total. The van der Waals surface area contributed by atoms with E-state index >= 15 is 0 Å². The molecule has 0 aliphatic carbocycles. The van der Waals surface area contributed by atoms with E-state index in [4.69, 9.17) is 0 Å². The van der Waals surface area contributed by atoms with Crippen molar-refractivity contribution in [3.63, 3.8) is 0 Å². The van der Waals surface area contributed by atoms with Crippen molar-refractivity contribution in [3.05, 3.63) is 96.3 Å². The summed E-state index contributed by atoms with van der Waals surface area (Å²) >= 11 is 0. The predicted octanol–water partition coefficient (Wildman–Crippen LogP) is 4.04. The van der Waals surface area contributed by atoms with Crippen LogP contribution >= 0.6 is 12.4 Å². The first-order valence-electron chi connectivity index (χ1n) is 7.77. The molecule has 1 aliphatic rings. The van der Waals surface area contributed by atoms with Gasteiger partial charge in [-0.2, -0.15) is 10.1 Å². The topological polar surface area (TPSA) is 45.6 Å². The van der Waals surface area contributed by atoms with Crippen LogP contribution in [0.2, 0.25) is 0 Å². The SMILES string of the molecule is Cl.O=C1C(c2ccccc2)C(c2cccnc2)=NN1c1ccccc1. The smallest absolute Gasteiger partial charge is 0.261 e. The van der Waals surface area contributed by atoms with Gasteiger partial charge in [-0.15, -0.1) is 12.4 Å². The molecule has 0 radical (unpaired) electrons. The molecular weight excluding hydrogens is 334 g/mol. The number of pyridine rings is 1. The van der Waals surface area contributed by atoms with Gasteiger partial charge in [0.1, 0.15) is 5.92 Å². The monoisotopic (exact) mass is 349 g/mol. The van der Waals surface area contributed by atoms with Crippen molar-refractivity contribution in [2.75, 3.05) is 5.01 Å². The summed E-state index contributed by atoms with van der Waals surface area (Å²) in [5.41, 5.74) is 3.28. The molecule has 1 atom stereocenters. The number of amides is 1. The van der Waals surface area contributed by atoms with E-state index in [2.05, 4.69) is 10.1 Å². The van der Waals surface area contributed by atoms with Crippen LogP contribution in [0.4, 0.5) is 5.69 Å². The zero-order valence-electron chi connectivity index (χ0n) is 13.3. The molecule has 1 unspecified atom stereocenters. The van der Waals surface area contributed by atoms with Crippen molar-refractivity contribution in [1.29, 1.82) is 0 Å². The molecule has 124 valence electrons. The lowest BCUT2D eigenvalue weighted by molar-refractivity contribution is -0.118. The van der Waals surface area contributed by atoms with Crippen LogP contribution in [0, 0.1) is 0 Å². The number of aromatic nitrogens is 1. The van der Waals surface area contributed by atoms with E-state index in [1.165, 1.54) is 5.01 Å². The van der Waals surface area contributed by atoms with Gasteiger partial charge in [-0.3, -0.25) is 9.78 Å². The molecule has 4 rings (SSSR count). The van der Waals surface area contributed by atoms with Gasteiger partial charge in [0.15, 0.2) is 0 Å². The van der Waals surface area contributed by atoms with Crippen molar-refractivity contribution in [1.82, 2.24) is 4.98 Å². The highest BCUT2D eigenvalue weighted by molar-refractivity contribution is 6.25. The highest BCUT2D eigenvalue weighted by Gasteiger charge is 2.38. The largest absolute Gasteiger partial charge is 0.271 e. The summed E-state index contributed by atoms with van der Waals surface area (Å²) in [6, 6.07) is 23.0. The molecule has 25 heavy (non-hydrogen) atoms. The second kappa shape index (κ2) is 7.28. The van der Waals surface area contributed by atoms with Crippen LogP contribution in [0.25, 0.3) is 0 Å². The number of rotatable bonds is 3. The summed E-state index contributed by atoms with van der Waals surface area (Å²) in [5.74, 6) is -0.471. The summed E-state index contributed by atoms with van der Waals surface area (Å²) in [6.07, 6.45) is 3.46. The number of carbonyl (C=O) groups is 1. The van der Waals surface area contributed by atoms with Gasteiger partial charge < -0.3 is 0 Å². The Morgan fingerprint density at radius 2 is 1.52 bits per heavy atom. The van der Waals surface area contributed by atoms with E-state index in [1.807, 2.05) is 72.8 Å². The molecule has 0 spiro atoms. The summed E-state index contributed by atoms with van der Waals surface area (Å²) in [7, 11) is 0. The highest BCUT2D eigenvalue weighted by atomic mass is 35.5. The summed E-state index contributed by atoms with van der Waals surface area (Å²) in [6.45, 7) is 0. The van der Waals surface area contributed by atoms with Crippen LogP contribution in [-0.2, 0) is 4.79 Å². The van der Waals surface area contributed by atoms with Crippen LogP contribution < -0.4 is 5.01 Å². The minimum absolute atomic E-state index is 0. The molecule has 0 saturated heterocycles. The Kier molecular flexibility index (Phi) is 4.91. The van der Waals surface area contributed by atoms with E-state index < -0.39 is 5.92 Å². The third-order valence-corrected chi connectivity index (χ3v) is 4.03. The van der Waals surface area contributed by atoms with Gasteiger partial charge >= 0.3 is 0 Å². The standard InChI is InChI=1S/C20H15N3O.ClH/c24-20-18(15-8-3-1-4-9-15)19(16-10-7-13-21-14-16)22-23(20)17-11-5-2-6-12-17;/h1-14,18H;1H. The fourth-order valence-electron chi connectivity index (χ4n) is 2.89. The lowest BCUT2D eigenvalue weighted by Gasteiger charge is -2.14. The Morgan fingerprint density at radius 3 is 2.16 bits per heavy atom. The number of hydrogen-bond acceptors (Lipinski definition) is 3. The lowest BCUT2D eigenvalue weighted by atomic mass is 9.90. The van der Waals surface area contributed by atoms with E-state index in [-0.39, 0.29) is 18.3 Å². The van der Waals surface area contributed by atoms with Gasteiger partial charge in [0, 0.05) is 18.0 Å². The van der Waals surface area contributed by atoms with Crippen LogP contribution in [0.3, 0.4) is 0 Å². The number of hydrogen-bond donors (Lipinski definition) is 0. The second-order valence-corrected chi connectivity index (χ2v) is 5.56. The first-order chi connectivity index (χ1) is 11.8. The Bertz CT molecular complexity index is 883. The summed E-state index contributed by atoms with van der Waals surface area (Å²) in [4.78, 5) is 17.3. The first kappa shape index (κ1) is 16.9. The molecule has 0 fully saturated rings. The number of benzene rings is 2. The number of carbonyl (C=O) groups excluding carboxylic acids is 1. The predicted molar refractivity (Wildman–Crippen MR) is 101 cm³/mol. The number of para-hydroxylation sites is 1. The van der Waals surface area contributed by atoms with E-state index in [0.717, 1.165) is 22.5 Å². The van der Waals surface area contributed by atoms with E-state index in [9.17, 15) is 4.79 Å². The molecule has 5 heteroatoms. The molecule has 2 aromatic carbocycles. The maximum absolute atomic E-state index is 13.1. The second-order valence-electron chi connectivity index (χ2n) is 5.56. The molecule has 0 saturated carbocycles. The first-order valence-corrected chi connectivity index (χ1v) is 7.77. The van der Waals surface area contributed by atoms with Gasteiger partial charge in [0.05, 0.1) is 11.4 Å². The van der Waals surface area contributed by atoms with Crippen LogP contribution in [0.5, 0.6) is 0 Å². The molecule has 0 bridgehead atoms. The molecule has 1 aliphatic heterocycles. The summed E-state index contributed by atoms with van der Waals surface area (Å²) in [5, 5.41) is 6.11. The van der Waals surface area contributed by atoms with Crippen LogP contribution in [-0.4, -0.2) is 16.6 Å². The molecule has 1 amide bonds. The van der Waals surface area contributed by atoms with E-state index in [0.29, 0.717) is 0 Å². The van der Waals surface area contributed by atoms with Crippen molar-refractivity contribution in [2.45, 2.75) is 5.92 Å². The fourth-order valence-corrected chi connectivity index (χ4v) is 2.89. The molecule has 2 heterocycles. The van der Waals surface area contributed by atoms with Gasteiger partial charge in [-0.25, -0.2) is 0 Å². The van der Waals surface area contributed by atoms with Gasteiger partial charge in [0.25, 0.3) is 5.91 Å². The molecule has 0 N–H and O–H groups in total. The maximum atomic E-state index is 13.1. The Balaban J connectivity index is 0.00000182. The number of hydrazone groups is 1. The quantitative estimate of drug-likeness (QED) is 0.716. The Morgan fingerprint density at radius 1 is 0.840 bits per heavy atom. The van der Waals surface area contributed by atoms with Gasteiger partial charge in [-0.1, -0.05) is 48.5 Å². The van der Waals surface area contributed by atoms with Crippen molar-refractivity contribution in [3.8, 4) is 0 Å². The third-order valence-electron chi connectivity index (χ3n) is 4.03. The third kappa shape index (κ3) is 3.16. The van der Waals surface area contributed by atoms with Crippen LogP contribution in [0.15, 0.2) is 90.3 Å². The Hall–Kier alpha value is -2.98. The summed E-state index contributed by atoms with van der Waals surface area (Å²) < 4.78 is 0. The normalized spacial score (nSPS) is 16.3. The van der Waals surface area contributed by atoms with Crippen LogP contribution in [0.1, 0.15) is 17.0 Å². The average molecular weight is 350 g/mol. The van der Waals surface area contributed by atoms with Crippen molar-refractivity contribution >= 4 is 29.7 Å². The molecule has 3 aromatic rings. The van der Waals surface area contributed by atoms with E-state index in [1.54, 1.807) is 12.4 Å². The van der Waals surface area contributed by atoms with Gasteiger partial charge in [-0.05, 0) is 29.8 Å². The number of halogens is 1. The number of anilines is 1. The minimum Gasteiger partial charge on any atom is -0.271 e. The molecule has 1 aromatic heterocycles. The minimum atomic E-state index is -0.421. The zero-order chi connectivity index (χ0) is 16.4.